The van der Waals surface area contributed by atoms with E-state index in [1.165, 1.54) is 0 Å². The minimum absolute atomic E-state index is 0.103. The molecule has 1 saturated heterocycles. The molecular weight excluding hydrogens is 212 g/mol. The molecule has 0 aromatic rings. The van der Waals surface area contributed by atoms with Crippen molar-refractivity contribution in [2.24, 2.45) is 0 Å². The lowest BCUT2D eigenvalue weighted by atomic mass is 10.2. The van der Waals surface area contributed by atoms with Crippen molar-refractivity contribution in [3.8, 4) is 0 Å². The fourth-order valence-corrected chi connectivity index (χ4v) is 1.72. The standard InChI is InChI=1S/C7H13BrO3/c1-9-6-4-3-5(8)7(10-2)11-6/h5-7H,3-4H2,1-2H3. The summed E-state index contributed by atoms with van der Waals surface area (Å²) < 4.78 is 15.5. The molecule has 0 aromatic heterocycles. The first-order valence-electron chi connectivity index (χ1n) is 3.63. The molecule has 1 heterocycles. The molecule has 66 valence electrons. The molecule has 0 bridgehead atoms. The molecule has 3 nitrogen and oxygen atoms in total. The quantitative estimate of drug-likeness (QED) is 0.666. The summed E-state index contributed by atoms with van der Waals surface area (Å²) in [5, 5.41) is 0. The van der Waals surface area contributed by atoms with E-state index in [0.29, 0.717) is 4.83 Å². The molecule has 0 saturated carbocycles. The van der Waals surface area contributed by atoms with Gasteiger partial charge in [-0.05, 0) is 12.8 Å². The molecule has 3 unspecified atom stereocenters. The summed E-state index contributed by atoms with van der Waals surface area (Å²) >= 11 is 3.47. The van der Waals surface area contributed by atoms with Gasteiger partial charge >= 0.3 is 0 Å². The normalized spacial score (nSPS) is 39.0. The van der Waals surface area contributed by atoms with Gasteiger partial charge in [0.1, 0.15) is 0 Å². The SMILES string of the molecule is COC1CCC(Br)C(OC)O1. The molecule has 11 heavy (non-hydrogen) atoms. The third-order valence-electron chi connectivity index (χ3n) is 1.75. The fraction of sp³-hybridized carbons (Fsp3) is 1.00. The van der Waals surface area contributed by atoms with Gasteiger partial charge in [-0.25, -0.2) is 0 Å². The number of rotatable bonds is 2. The van der Waals surface area contributed by atoms with E-state index in [-0.39, 0.29) is 12.6 Å². The molecular formula is C7H13BrO3. The van der Waals surface area contributed by atoms with Crippen LogP contribution in [0.2, 0.25) is 0 Å². The molecule has 0 N–H and O–H groups in total. The van der Waals surface area contributed by atoms with E-state index >= 15 is 0 Å². The van der Waals surface area contributed by atoms with Gasteiger partial charge < -0.3 is 14.2 Å². The molecule has 1 aliphatic heterocycles. The van der Waals surface area contributed by atoms with Crippen molar-refractivity contribution in [1.29, 1.82) is 0 Å². The Bertz CT molecular complexity index is 120. The van der Waals surface area contributed by atoms with E-state index in [2.05, 4.69) is 15.9 Å². The lowest BCUT2D eigenvalue weighted by Gasteiger charge is -2.31. The van der Waals surface area contributed by atoms with Gasteiger partial charge in [0.25, 0.3) is 0 Å². The minimum atomic E-state index is -0.173. The Morgan fingerprint density at radius 1 is 1.27 bits per heavy atom. The Balaban J connectivity index is 2.37. The minimum Gasteiger partial charge on any atom is -0.356 e. The number of methoxy groups -OCH3 is 2. The molecule has 4 heteroatoms. The second-order valence-electron chi connectivity index (χ2n) is 2.50. The zero-order chi connectivity index (χ0) is 8.27. The number of hydrogen-bond donors (Lipinski definition) is 0. The average Bonchev–Trinajstić information content (AvgIpc) is 2.05. The fourth-order valence-electron chi connectivity index (χ4n) is 1.11. The number of alkyl halides is 1. The summed E-state index contributed by atoms with van der Waals surface area (Å²) in [6, 6.07) is 0. The Morgan fingerprint density at radius 3 is 2.55 bits per heavy atom. The third-order valence-corrected chi connectivity index (χ3v) is 2.64. The summed E-state index contributed by atoms with van der Waals surface area (Å²) in [6.45, 7) is 0. The van der Waals surface area contributed by atoms with E-state index in [4.69, 9.17) is 14.2 Å². The first-order chi connectivity index (χ1) is 5.27. The highest BCUT2D eigenvalue weighted by atomic mass is 79.9. The van der Waals surface area contributed by atoms with Crippen molar-refractivity contribution in [2.45, 2.75) is 30.2 Å². The monoisotopic (exact) mass is 224 g/mol. The molecule has 0 spiro atoms. The molecule has 0 radical (unpaired) electrons. The lowest BCUT2D eigenvalue weighted by molar-refractivity contribution is -0.247. The molecule has 0 aromatic carbocycles. The van der Waals surface area contributed by atoms with Crippen molar-refractivity contribution >= 4 is 15.9 Å². The Morgan fingerprint density at radius 2 is 2.00 bits per heavy atom. The van der Waals surface area contributed by atoms with Crippen LogP contribution in [0.3, 0.4) is 0 Å². The van der Waals surface area contributed by atoms with Crippen LogP contribution in [0.4, 0.5) is 0 Å². The highest BCUT2D eigenvalue weighted by molar-refractivity contribution is 9.09. The van der Waals surface area contributed by atoms with Crippen molar-refractivity contribution in [1.82, 2.24) is 0 Å². The molecule has 1 fully saturated rings. The molecule has 3 atom stereocenters. The van der Waals surface area contributed by atoms with E-state index < -0.39 is 0 Å². The largest absolute Gasteiger partial charge is 0.356 e. The summed E-state index contributed by atoms with van der Waals surface area (Å²) in [5.41, 5.74) is 0. The summed E-state index contributed by atoms with van der Waals surface area (Å²) in [6.07, 6.45) is 1.67. The van der Waals surface area contributed by atoms with E-state index in [1.807, 2.05) is 0 Å². The van der Waals surface area contributed by atoms with E-state index in [0.717, 1.165) is 12.8 Å². The van der Waals surface area contributed by atoms with Crippen LogP contribution in [0.5, 0.6) is 0 Å². The van der Waals surface area contributed by atoms with Gasteiger partial charge in [0.2, 0.25) is 0 Å². The van der Waals surface area contributed by atoms with Crippen molar-refractivity contribution in [3.63, 3.8) is 0 Å². The topological polar surface area (TPSA) is 27.7 Å². The first kappa shape index (κ1) is 9.45. The zero-order valence-corrected chi connectivity index (χ0v) is 8.33. The predicted molar refractivity (Wildman–Crippen MR) is 44.6 cm³/mol. The van der Waals surface area contributed by atoms with E-state index in [9.17, 15) is 0 Å². The van der Waals surface area contributed by atoms with Crippen molar-refractivity contribution in [3.05, 3.63) is 0 Å². The van der Waals surface area contributed by atoms with Gasteiger partial charge in [-0.3, -0.25) is 0 Å². The summed E-state index contributed by atoms with van der Waals surface area (Å²) in [5.74, 6) is 0. The molecule has 0 aliphatic carbocycles. The third kappa shape index (κ3) is 2.40. The van der Waals surface area contributed by atoms with Crippen LogP contribution >= 0.6 is 15.9 Å². The first-order valence-corrected chi connectivity index (χ1v) is 4.54. The van der Waals surface area contributed by atoms with Crippen molar-refractivity contribution < 1.29 is 14.2 Å². The molecule has 1 aliphatic rings. The van der Waals surface area contributed by atoms with Gasteiger partial charge in [-0.15, -0.1) is 0 Å². The maximum Gasteiger partial charge on any atom is 0.172 e. The van der Waals surface area contributed by atoms with Crippen LogP contribution in [-0.2, 0) is 14.2 Å². The number of hydrogen-bond acceptors (Lipinski definition) is 3. The van der Waals surface area contributed by atoms with Gasteiger partial charge in [-0.2, -0.15) is 0 Å². The zero-order valence-electron chi connectivity index (χ0n) is 6.75. The van der Waals surface area contributed by atoms with Gasteiger partial charge in [0.05, 0.1) is 4.83 Å². The Labute approximate surface area is 75.1 Å². The lowest BCUT2D eigenvalue weighted by Crippen LogP contribution is -2.37. The van der Waals surface area contributed by atoms with Crippen LogP contribution in [-0.4, -0.2) is 31.6 Å². The second-order valence-corrected chi connectivity index (χ2v) is 3.67. The summed E-state index contributed by atoms with van der Waals surface area (Å²) in [7, 11) is 3.28. The maximum absolute atomic E-state index is 5.41. The summed E-state index contributed by atoms with van der Waals surface area (Å²) in [4.78, 5) is 0.291. The maximum atomic E-state index is 5.41. The smallest absolute Gasteiger partial charge is 0.172 e. The van der Waals surface area contributed by atoms with Crippen LogP contribution in [0.15, 0.2) is 0 Å². The van der Waals surface area contributed by atoms with Crippen LogP contribution in [0, 0.1) is 0 Å². The predicted octanol–water partition coefficient (Wildman–Crippen LogP) is 1.51. The second kappa shape index (κ2) is 4.40. The van der Waals surface area contributed by atoms with Crippen LogP contribution in [0.25, 0.3) is 0 Å². The highest BCUT2D eigenvalue weighted by Gasteiger charge is 2.29. The molecule has 0 amide bonds. The van der Waals surface area contributed by atoms with Crippen LogP contribution < -0.4 is 0 Å². The van der Waals surface area contributed by atoms with E-state index in [1.54, 1.807) is 14.2 Å². The molecule has 1 rings (SSSR count). The number of halogens is 1. The van der Waals surface area contributed by atoms with Crippen LogP contribution in [0.1, 0.15) is 12.8 Å². The van der Waals surface area contributed by atoms with Gasteiger partial charge in [0, 0.05) is 14.2 Å². The highest BCUT2D eigenvalue weighted by Crippen LogP contribution is 2.25. The van der Waals surface area contributed by atoms with Gasteiger partial charge in [-0.1, -0.05) is 15.9 Å². The Kier molecular flexibility index (Phi) is 3.78. The number of ether oxygens (including phenoxy) is 3. The van der Waals surface area contributed by atoms with Crippen molar-refractivity contribution in [2.75, 3.05) is 14.2 Å². The van der Waals surface area contributed by atoms with Gasteiger partial charge in [0.15, 0.2) is 12.6 Å². The Hall–Kier alpha value is 0.360. The average molecular weight is 225 g/mol.